The van der Waals surface area contributed by atoms with E-state index in [9.17, 15) is 4.79 Å². The lowest BCUT2D eigenvalue weighted by molar-refractivity contribution is 0.0858. The summed E-state index contributed by atoms with van der Waals surface area (Å²) >= 11 is 0. The number of aromatic nitrogens is 2. The van der Waals surface area contributed by atoms with Crippen LogP contribution in [-0.4, -0.2) is 53.5 Å². The van der Waals surface area contributed by atoms with Crippen LogP contribution in [0.25, 0.3) is 0 Å². The monoisotopic (exact) mass is 384 g/mol. The highest BCUT2D eigenvalue weighted by molar-refractivity contribution is 5.99. The maximum atomic E-state index is 12.4. The Kier molecular flexibility index (Phi) is 6.18. The van der Waals surface area contributed by atoms with Gasteiger partial charge in [0.1, 0.15) is 11.6 Å². The summed E-state index contributed by atoms with van der Waals surface area (Å²) in [7, 11) is 0. The van der Waals surface area contributed by atoms with Gasteiger partial charge < -0.3 is 9.42 Å². The van der Waals surface area contributed by atoms with Crippen LogP contribution in [0.15, 0.2) is 28.9 Å². The molecule has 1 aliphatic rings. The number of nitrogens with zero attached hydrogens (tertiary/aromatic N) is 4. The highest BCUT2D eigenvalue weighted by Gasteiger charge is 2.24. The second-order valence-corrected chi connectivity index (χ2v) is 8.94. The fraction of sp³-hybridized carbons (Fsp3) is 0.591. The Hall–Kier alpha value is -2.21. The molecule has 152 valence electrons. The Bertz CT molecular complexity index is 782. The Morgan fingerprint density at radius 1 is 1.18 bits per heavy atom. The standard InChI is InChI=1S/C22H32N4O2/c1-16(2)19-14-18(24-28-19)8-9-25-10-12-26(13-11-25)20-7-6-17(15-23-20)21(27)22(3,4)5/h6-7,14-16H,8-13H2,1-5H3. The molecule has 0 unspecified atom stereocenters. The van der Waals surface area contributed by atoms with Crippen molar-refractivity contribution in [2.45, 2.75) is 47.0 Å². The summed E-state index contributed by atoms with van der Waals surface area (Å²) in [5.41, 5.74) is 1.34. The summed E-state index contributed by atoms with van der Waals surface area (Å²) in [6.07, 6.45) is 2.63. The number of rotatable bonds is 6. The highest BCUT2D eigenvalue weighted by atomic mass is 16.5. The molecule has 1 saturated heterocycles. The number of Topliss-reactive ketones (excluding diaryl/α,β-unsaturated/α-hetero) is 1. The molecule has 28 heavy (non-hydrogen) atoms. The minimum Gasteiger partial charge on any atom is -0.361 e. The van der Waals surface area contributed by atoms with Crippen LogP contribution in [0, 0.1) is 5.41 Å². The van der Waals surface area contributed by atoms with Crippen LogP contribution in [-0.2, 0) is 6.42 Å². The SMILES string of the molecule is CC(C)c1cc(CCN2CCN(c3ccc(C(=O)C(C)(C)C)cn3)CC2)no1. The summed E-state index contributed by atoms with van der Waals surface area (Å²) in [5.74, 6) is 2.41. The van der Waals surface area contributed by atoms with E-state index in [1.54, 1.807) is 6.20 Å². The molecule has 2 aromatic heterocycles. The maximum Gasteiger partial charge on any atom is 0.169 e. The molecule has 2 aromatic rings. The van der Waals surface area contributed by atoms with E-state index in [4.69, 9.17) is 4.52 Å². The largest absolute Gasteiger partial charge is 0.361 e. The van der Waals surface area contributed by atoms with Crippen LogP contribution in [0.1, 0.15) is 62.3 Å². The molecule has 0 aromatic carbocycles. The fourth-order valence-corrected chi connectivity index (χ4v) is 3.33. The van der Waals surface area contributed by atoms with Crippen molar-refractivity contribution in [3.63, 3.8) is 0 Å². The van der Waals surface area contributed by atoms with Crippen LogP contribution in [0.5, 0.6) is 0 Å². The van der Waals surface area contributed by atoms with E-state index in [1.165, 1.54) is 0 Å². The minimum absolute atomic E-state index is 0.129. The van der Waals surface area contributed by atoms with E-state index in [-0.39, 0.29) is 11.2 Å². The predicted molar refractivity (Wildman–Crippen MR) is 111 cm³/mol. The number of pyridine rings is 1. The van der Waals surface area contributed by atoms with E-state index in [0.717, 1.165) is 56.4 Å². The van der Waals surface area contributed by atoms with Crippen LogP contribution in [0.4, 0.5) is 5.82 Å². The first-order valence-corrected chi connectivity index (χ1v) is 10.2. The number of hydrogen-bond donors (Lipinski definition) is 0. The molecule has 0 spiro atoms. The van der Waals surface area contributed by atoms with Gasteiger partial charge in [-0.05, 0) is 12.1 Å². The van der Waals surface area contributed by atoms with E-state index in [0.29, 0.717) is 11.5 Å². The van der Waals surface area contributed by atoms with Crippen molar-refractivity contribution >= 4 is 11.6 Å². The van der Waals surface area contributed by atoms with Gasteiger partial charge in [0.2, 0.25) is 0 Å². The number of hydrogen-bond acceptors (Lipinski definition) is 6. The fourth-order valence-electron chi connectivity index (χ4n) is 3.33. The van der Waals surface area contributed by atoms with Gasteiger partial charge in [0.25, 0.3) is 0 Å². The van der Waals surface area contributed by atoms with Crippen molar-refractivity contribution in [2.75, 3.05) is 37.6 Å². The third-order valence-corrected chi connectivity index (χ3v) is 5.22. The molecule has 0 aliphatic carbocycles. The van der Waals surface area contributed by atoms with Gasteiger partial charge in [-0.25, -0.2) is 4.98 Å². The Morgan fingerprint density at radius 2 is 1.89 bits per heavy atom. The van der Waals surface area contributed by atoms with Crippen LogP contribution in [0.2, 0.25) is 0 Å². The maximum absolute atomic E-state index is 12.4. The van der Waals surface area contributed by atoms with Crippen LogP contribution >= 0.6 is 0 Å². The first-order chi connectivity index (χ1) is 13.2. The molecular weight excluding hydrogens is 352 g/mol. The summed E-state index contributed by atoms with van der Waals surface area (Å²) in [4.78, 5) is 21.6. The number of carbonyl (C=O) groups is 1. The van der Waals surface area contributed by atoms with Gasteiger partial charge in [0.05, 0.1) is 5.69 Å². The lowest BCUT2D eigenvalue weighted by Crippen LogP contribution is -2.47. The van der Waals surface area contributed by atoms with Crippen molar-refractivity contribution in [3.05, 3.63) is 41.4 Å². The van der Waals surface area contributed by atoms with Crippen LogP contribution in [0.3, 0.4) is 0 Å². The molecule has 0 N–H and O–H groups in total. The Balaban J connectivity index is 1.49. The Labute approximate surface area is 167 Å². The molecule has 0 saturated carbocycles. The van der Waals surface area contributed by atoms with Gasteiger partial charge in [-0.2, -0.15) is 0 Å². The third-order valence-electron chi connectivity index (χ3n) is 5.22. The lowest BCUT2D eigenvalue weighted by Gasteiger charge is -2.35. The molecule has 3 heterocycles. The van der Waals surface area contributed by atoms with Crippen molar-refractivity contribution < 1.29 is 9.32 Å². The van der Waals surface area contributed by atoms with Gasteiger partial charge in [-0.3, -0.25) is 9.69 Å². The summed E-state index contributed by atoms with van der Waals surface area (Å²) in [5, 5.41) is 4.17. The number of ketones is 1. The number of anilines is 1. The molecular formula is C22H32N4O2. The van der Waals surface area contributed by atoms with Crippen LogP contribution < -0.4 is 4.90 Å². The van der Waals surface area contributed by atoms with Crippen molar-refractivity contribution in [1.82, 2.24) is 15.0 Å². The third kappa shape index (κ3) is 4.98. The van der Waals surface area contributed by atoms with Crippen molar-refractivity contribution in [1.29, 1.82) is 0 Å². The normalized spacial score (nSPS) is 16.0. The number of piperazine rings is 1. The molecule has 1 fully saturated rings. The molecule has 0 amide bonds. The Morgan fingerprint density at radius 3 is 2.43 bits per heavy atom. The lowest BCUT2D eigenvalue weighted by atomic mass is 9.87. The quantitative estimate of drug-likeness (QED) is 0.706. The summed E-state index contributed by atoms with van der Waals surface area (Å²) < 4.78 is 5.38. The topological polar surface area (TPSA) is 62.5 Å². The second-order valence-electron chi connectivity index (χ2n) is 8.94. The zero-order chi connectivity index (χ0) is 20.3. The minimum atomic E-state index is -0.380. The highest BCUT2D eigenvalue weighted by Crippen LogP contribution is 2.22. The zero-order valence-electron chi connectivity index (χ0n) is 17.7. The molecule has 1 aliphatic heterocycles. The average molecular weight is 385 g/mol. The van der Waals surface area contributed by atoms with Gasteiger partial charge in [-0.1, -0.05) is 39.8 Å². The molecule has 0 atom stereocenters. The van der Waals surface area contributed by atoms with E-state index in [2.05, 4.69) is 39.9 Å². The first-order valence-electron chi connectivity index (χ1n) is 10.2. The second kappa shape index (κ2) is 8.43. The van der Waals surface area contributed by atoms with Gasteiger partial charge in [-0.15, -0.1) is 0 Å². The summed E-state index contributed by atoms with van der Waals surface area (Å²) in [6, 6.07) is 5.95. The molecule has 0 radical (unpaired) electrons. The molecule has 6 heteroatoms. The number of carbonyl (C=O) groups excluding carboxylic acids is 1. The van der Waals surface area contributed by atoms with E-state index < -0.39 is 0 Å². The van der Waals surface area contributed by atoms with E-state index in [1.807, 2.05) is 32.9 Å². The smallest absolute Gasteiger partial charge is 0.169 e. The average Bonchev–Trinajstić information content (AvgIpc) is 3.15. The molecule has 6 nitrogen and oxygen atoms in total. The zero-order valence-corrected chi connectivity index (χ0v) is 17.7. The van der Waals surface area contributed by atoms with Crippen molar-refractivity contribution in [3.8, 4) is 0 Å². The van der Waals surface area contributed by atoms with Gasteiger partial charge >= 0.3 is 0 Å². The van der Waals surface area contributed by atoms with E-state index >= 15 is 0 Å². The molecule has 0 bridgehead atoms. The van der Waals surface area contributed by atoms with Crippen molar-refractivity contribution in [2.24, 2.45) is 5.41 Å². The first kappa shape index (κ1) is 20.5. The molecule has 3 rings (SSSR count). The van der Waals surface area contributed by atoms with Gasteiger partial charge in [0, 0.05) is 68.3 Å². The predicted octanol–water partition coefficient (Wildman–Crippen LogP) is 3.79. The summed E-state index contributed by atoms with van der Waals surface area (Å²) in [6.45, 7) is 14.9. The van der Waals surface area contributed by atoms with Gasteiger partial charge in [0.15, 0.2) is 5.78 Å².